The quantitative estimate of drug-likeness (QED) is 0.525. The monoisotopic (exact) mass is 389 g/mol. The minimum absolute atomic E-state index is 0.222. The molecule has 0 aliphatic carbocycles. The summed E-state index contributed by atoms with van der Waals surface area (Å²) >= 11 is 6.12. The predicted octanol–water partition coefficient (Wildman–Crippen LogP) is 2.93. The zero-order valence-corrected chi connectivity index (χ0v) is 16.8. The lowest BCUT2D eigenvalue weighted by Crippen LogP contribution is -2.45. The summed E-state index contributed by atoms with van der Waals surface area (Å²) in [6.45, 7) is 7.02. The van der Waals surface area contributed by atoms with Gasteiger partial charge in [0.2, 0.25) is 5.91 Å². The van der Waals surface area contributed by atoms with Crippen molar-refractivity contribution >= 4 is 34.4 Å². The molecule has 1 aromatic heterocycles. The van der Waals surface area contributed by atoms with Crippen LogP contribution in [0.3, 0.4) is 0 Å². The van der Waals surface area contributed by atoms with Crippen molar-refractivity contribution in [1.29, 1.82) is 0 Å². The van der Waals surface area contributed by atoms with Gasteiger partial charge in [-0.15, -0.1) is 0 Å². The lowest BCUT2D eigenvalue weighted by molar-refractivity contribution is -0.129. The number of hydrogen-bond acceptors (Lipinski definition) is 2. The fourth-order valence-electron chi connectivity index (χ4n) is 3.49. The Bertz CT molecular complexity index is 816. The van der Waals surface area contributed by atoms with Gasteiger partial charge in [-0.05, 0) is 43.5 Å². The molecule has 2 heterocycles. The number of likely N-dealkylation sites (tertiary alicyclic amines) is 1. The molecule has 7 heteroatoms. The Labute approximate surface area is 165 Å². The minimum Gasteiger partial charge on any atom is -0.361 e. The van der Waals surface area contributed by atoms with Crippen molar-refractivity contribution in [3.8, 4) is 0 Å². The van der Waals surface area contributed by atoms with Gasteiger partial charge in [-0.25, -0.2) is 0 Å². The number of amides is 1. The maximum absolute atomic E-state index is 11.8. The van der Waals surface area contributed by atoms with Gasteiger partial charge in [0.15, 0.2) is 5.96 Å². The van der Waals surface area contributed by atoms with E-state index in [1.807, 2.05) is 36.2 Å². The fourth-order valence-corrected chi connectivity index (χ4v) is 3.66. The molecule has 6 nitrogen and oxygen atoms in total. The lowest BCUT2D eigenvalue weighted by Gasteiger charge is -2.18. The third kappa shape index (κ3) is 4.95. The van der Waals surface area contributed by atoms with E-state index in [2.05, 4.69) is 22.5 Å². The third-order valence-electron chi connectivity index (χ3n) is 4.91. The zero-order valence-electron chi connectivity index (χ0n) is 16.0. The number of aromatic nitrogens is 1. The first kappa shape index (κ1) is 19.5. The molecule has 1 unspecified atom stereocenters. The standard InChI is InChI=1S/C20H28ClN5O/c1-3-19(27)26-10-8-16(13-26)25-20(22-4-2)23-9-7-14-12-24-18-6-5-15(21)11-17(14)18/h5-6,11-12,16,24H,3-4,7-10,13H2,1-2H3,(H2,22,23,25). The molecule has 3 N–H and O–H groups in total. The summed E-state index contributed by atoms with van der Waals surface area (Å²) in [6, 6.07) is 6.14. The van der Waals surface area contributed by atoms with Crippen molar-refractivity contribution in [3.05, 3.63) is 35.0 Å². The van der Waals surface area contributed by atoms with E-state index in [1.54, 1.807) is 0 Å². The molecule has 146 valence electrons. The Morgan fingerprint density at radius 2 is 2.26 bits per heavy atom. The second-order valence-electron chi connectivity index (χ2n) is 6.84. The van der Waals surface area contributed by atoms with E-state index >= 15 is 0 Å². The van der Waals surface area contributed by atoms with Gasteiger partial charge in [0, 0.05) is 60.8 Å². The van der Waals surface area contributed by atoms with Crippen molar-refractivity contribution in [2.24, 2.45) is 4.99 Å². The van der Waals surface area contributed by atoms with Gasteiger partial charge in [0.1, 0.15) is 0 Å². The maximum atomic E-state index is 11.8. The molecule has 1 aromatic carbocycles. The molecule has 0 saturated carbocycles. The van der Waals surface area contributed by atoms with Crippen LogP contribution in [0.4, 0.5) is 0 Å². The molecule has 1 aliphatic heterocycles. The average Bonchev–Trinajstić information content (AvgIpc) is 3.28. The van der Waals surface area contributed by atoms with Crippen molar-refractivity contribution in [2.45, 2.75) is 39.2 Å². The van der Waals surface area contributed by atoms with Crippen LogP contribution in [0.2, 0.25) is 5.02 Å². The normalized spacial score (nSPS) is 17.5. The molecule has 1 saturated heterocycles. The van der Waals surface area contributed by atoms with E-state index in [0.29, 0.717) is 13.0 Å². The number of aromatic amines is 1. The van der Waals surface area contributed by atoms with Crippen LogP contribution in [0, 0.1) is 0 Å². The topological polar surface area (TPSA) is 72.5 Å². The van der Waals surface area contributed by atoms with E-state index in [1.165, 1.54) is 5.56 Å². The fraction of sp³-hybridized carbons (Fsp3) is 0.500. The van der Waals surface area contributed by atoms with Crippen LogP contribution in [0.15, 0.2) is 29.4 Å². The first-order valence-corrected chi connectivity index (χ1v) is 10.1. The molecule has 1 fully saturated rings. The highest BCUT2D eigenvalue weighted by atomic mass is 35.5. The molecule has 1 aliphatic rings. The Balaban J connectivity index is 1.59. The van der Waals surface area contributed by atoms with Gasteiger partial charge >= 0.3 is 0 Å². The molecule has 27 heavy (non-hydrogen) atoms. The second-order valence-corrected chi connectivity index (χ2v) is 7.27. The SMILES string of the molecule is CCNC(=NCCc1c[nH]c2ccc(Cl)cc12)NC1CCN(C(=O)CC)C1. The molecular weight excluding hydrogens is 362 g/mol. The number of H-pyrrole nitrogens is 1. The van der Waals surface area contributed by atoms with Crippen LogP contribution in [-0.4, -0.2) is 54.0 Å². The van der Waals surface area contributed by atoms with Crippen LogP contribution in [-0.2, 0) is 11.2 Å². The van der Waals surface area contributed by atoms with Gasteiger partial charge in [0.25, 0.3) is 0 Å². The molecule has 2 aromatic rings. The Morgan fingerprint density at radius 1 is 1.41 bits per heavy atom. The number of halogens is 1. The highest BCUT2D eigenvalue weighted by Gasteiger charge is 2.25. The first-order valence-electron chi connectivity index (χ1n) is 9.68. The predicted molar refractivity (Wildman–Crippen MR) is 111 cm³/mol. The number of hydrogen-bond donors (Lipinski definition) is 3. The van der Waals surface area contributed by atoms with Gasteiger partial charge in [-0.1, -0.05) is 18.5 Å². The molecule has 0 spiro atoms. The van der Waals surface area contributed by atoms with Crippen LogP contribution >= 0.6 is 11.6 Å². The highest BCUT2D eigenvalue weighted by molar-refractivity contribution is 6.31. The van der Waals surface area contributed by atoms with Crippen molar-refractivity contribution in [1.82, 2.24) is 20.5 Å². The van der Waals surface area contributed by atoms with Gasteiger partial charge < -0.3 is 20.5 Å². The summed E-state index contributed by atoms with van der Waals surface area (Å²) in [4.78, 5) is 21.8. The van der Waals surface area contributed by atoms with Crippen LogP contribution in [0.5, 0.6) is 0 Å². The summed E-state index contributed by atoms with van der Waals surface area (Å²) in [5, 5.41) is 8.67. The zero-order chi connectivity index (χ0) is 19.2. The number of rotatable bonds is 6. The van der Waals surface area contributed by atoms with Gasteiger partial charge in [-0.2, -0.15) is 0 Å². The summed E-state index contributed by atoms with van der Waals surface area (Å²) in [6.07, 6.45) is 4.39. The van der Waals surface area contributed by atoms with E-state index < -0.39 is 0 Å². The van der Waals surface area contributed by atoms with Crippen molar-refractivity contribution in [3.63, 3.8) is 0 Å². The van der Waals surface area contributed by atoms with Crippen LogP contribution in [0.1, 0.15) is 32.3 Å². The van der Waals surface area contributed by atoms with Crippen molar-refractivity contribution < 1.29 is 4.79 Å². The van der Waals surface area contributed by atoms with E-state index in [4.69, 9.17) is 16.6 Å². The number of carbonyl (C=O) groups excluding carboxylic acids is 1. The molecule has 1 atom stereocenters. The van der Waals surface area contributed by atoms with E-state index in [0.717, 1.165) is 54.4 Å². The average molecular weight is 390 g/mol. The second kappa shape index (κ2) is 9.13. The third-order valence-corrected chi connectivity index (χ3v) is 5.14. The van der Waals surface area contributed by atoms with E-state index in [-0.39, 0.29) is 11.9 Å². The number of fused-ring (bicyclic) bond motifs is 1. The number of aliphatic imine (C=N–C) groups is 1. The van der Waals surface area contributed by atoms with Gasteiger partial charge in [-0.3, -0.25) is 9.79 Å². The van der Waals surface area contributed by atoms with E-state index in [9.17, 15) is 4.79 Å². The number of guanidine groups is 1. The Hall–Kier alpha value is -2.21. The summed E-state index contributed by atoms with van der Waals surface area (Å²) in [5.41, 5.74) is 2.31. The van der Waals surface area contributed by atoms with Gasteiger partial charge in [0.05, 0.1) is 0 Å². The first-order chi connectivity index (χ1) is 13.1. The number of carbonyl (C=O) groups is 1. The Morgan fingerprint density at radius 3 is 3.04 bits per heavy atom. The molecule has 0 radical (unpaired) electrons. The highest BCUT2D eigenvalue weighted by Crippen LogP contribution is 2.22. The van der Waals surface area contributed by atoms with Crippen molar-refractivity contribution in [2.75, 3.05) is 26.2 Å². The molecule has 0 bridgehead atoms. The number of benzene rings is 1. The lowest BCUT2D eigenvalue weighted by atomic mass is 10.1. The maximum Gasteiger partial charge on any atom is 0.222 e. The minimum atomic E-state index is 0.222. The molecule has 3 rings (SSSR count). The Kier molecular flexibility index (Phi) is 6.61. The summed E-state index contributed by atoms with van der Waals surface area (Å²) in [5.74, 6) is 1.03. The van der Waals surface area contributed by atoms with Crippen LogP contribution in [0.25, 0.3) is 10.9 Å². The number of nitrogens with one attached hydrogen (secondary N) is 3. The largest absolute Gasteiger partial charge is 0.361 e. The summed E-state index contributed by atoms with van der Waals surface area (Å²) in [7, 11) is 0. The molecular formula is C20H28ClN5O. The smallest absolute Gasteiger partial charge is 0.222 e. The molecule has 1 amide bonds. The summed E-state index contributed by atoms with van der Waals surface area (Å²) < 4.78 is 0. The van der Waals surface area contributed by atoms with Crippen LogP contribution < -0.4 is 10.6 Å². The number of nitrogens with zero attached hydrogens (tertiary/aromatic N) is 2.